The molecular weight excluding hydrogens is 404 g/mol. The van der Waals surface area contributed by atoms with Crippen molar-refractivity contribution in [1.29, 1.82) is 0 Å². The molecule has 0 saturated carbocycles. The molecule has 0 bridgehead atoms. The van der Waals surface area contributed by atoms with Crippen molar-refractivity contribution in [2.45, 2.75) is 0 Å². The zero-order valence-electron chi connectivity index (χ0n) is 17.9. The Hall–Kier alpha value is -4.48. The Morgan fingerprint density at radius 2 is 1.03 bits per heavy atom. The van der Waals surface area contributed by atoms with E-state index in [1.165, 1.54) is 21.3 Å². The molecule has 0 aromatic heterocycles. The highest BCUT2D eigenvalue weighted by Crippen LogP contribution is 2.20. The van der Waals surface area contributed by atoms with Gasteiger partial charge in [-0.15, -0.1) is 0 Å². The molecule has 3 aromatic carbocycles. The lowest BCUT2D eigenvalue weighted by atomic mass is 10.1. The van der Waals surface area contributed by atoms with Crippen LogP contribution in [0.1, 0.15) is 43.0 Å². The Labute approximate surface area is 186 Å². The predicted molar refractivity (Wildman–Crippen MR) is 121 cm³/mol. The van der Waals surface area contributed by atoms with E-state index < -0.39 is 5.97 Å². The molecule has 0 aliphatic rings. The molecule has 5 nitrogen and oxygen atoms in total. The van der Waals surface area contributed by atoms with Crippen LogP contribution in [0, 0.1) is 23.7 Å². The van der Waals surface area contributed by atoms with E-state index in [-0.39, 0.29) is 5.97 Å². The van der Waals surface area contributed by atoms with Crippen LogP contribution < -0.4 is 4.74 Å². The average molecular weight is 424 g/mol. The van der Waals surface area contributed by atoms with E-state index in [9.17, 15) is 9.59 Å². The molecule has 0 spiro atoms. The van der Waals surface area contributed by atoms with Gasteiger partial charge in [0.1, 0.15) is 11.3 Å². The smallest absolute Gasteiger partial charge is 0.341 e. The highest BCUT2D eigenvalue weighted by Gasteiger charge is 2.12. The Morgan fingerprint density at radius 1 is 0.594 bits per heavy atom. The summed E-state index contributed by atoms with van der Waals surface area (Å²) in [4.78, 5) is 23.2. The number of ether oxygens (including phenoxy) is 3. The molecule has 0 radical (unpaired) electrons. The summed E-state index contributed by atoms with van der Waals surface area (Å²) in [5.74, 6) is 11.9. The van der Waals surface area contributed by atoms with Gasteiger partial charge in [0.15, 0.2) is 0 Å². The normalized spacial score (nSPS) is 9.47. The second-order valence-corrected chi connectivity index (χ2v) is 6.55. The summed E-state index contributed by atoms with van der Waals surface area (Å²) in [5, 5.41) is 0. The first-order valence-electron chi connectivity index (χ1n) is 9.63. The van der Waals surface area contributed by atoms with Crippen LogP contribution in [0.15, 0.2) is 66.7 Å². The lowest BCUT2D eigenvalue weighted by Crippen LogP contribution is -2.04. The summed E-state index contributed by atoms with van der Waals surface area (Å²) in [7, 11) is 4.16. The molecule has 3 aromatic rings. The van der Waals surface area contributed by atoms with Crippen molar-refractivity contribution in [1.82, 2.24) is 0 Å². The second kappa shape index (κ2) is 10.5. The standard InChI is InChI=1S/C27H20O5/c1-30-25-18-22(14-17-24(25)27(29)32-3)11-10-20-6-4-19(5-7-20)8-9-21-12-15-23(16-13-21)26(28)31-2/h4-7,12-18H,1-3H3. The largest absolute Gasteiger partial charge is 0.496 e. The molecule has 158 valence electrons. The first-order valence-corrected chi connectivity index (χ1v) is 9.63. The minimum atomic E-state index is -0.461. The van der Waals surface area contributed by atoms with Gasteiger partial charge in [0.2, 0.25) is 0 Å². The van der Waals surface area contributed by atoms with Gasteiger partial charge in [0.05, 0.1) is 26.9 Å². The quantitative estimate of drug-likeness (QED) is 0.469. The molecule has 0 N–H and O–H groups in total. The molecule has 3 rings (SSSR count). The van der Waals surface area contributed by atoms with E-state index in [1.807, 2.05) is 24.3 Å². The topological polar surface area (TPSA) is 61.8 Å². The van der Waals surface area contributed by atoms with E-state index in [1.54, 1.807) is 42.5 Å². The van der Waals surface area contributed by atoms with E-state index in [2.05, 4.69) is 28.4 Å². The van der Waals surface area contributed by atoms with Crippen LogP contribution >= 0.6 is 0 Å². The van der Waals surface area contributed by atoms with Crippen LogP contribution in [0.4, 0.5) is 0 Å². The molecule has 0 unspecified atom stereocenters. The van der Waals surface area contributed by atoms with Crippen molar-refractivity contribution in [3.8, 4) is 29.4 Å². The lowest BCUT2D eigenvalue weighted by Gasteiger charge is -2.06. The lowest BCUT2D eigenvalue weighted by molar-refractivity contribution is 0.0589. The molecule has 32 heavy (non-hydrogen) atoms. The van der Waals surface area contributed by atoms with Gasteiger partial charge in [-0.3, -0.25) is 0 Å². The van der Waals surface area contributed by atoms with Crippen molar-refractivity contribution in [3.05, 3.63) is 100 Å². The molecule has 0 heterocycles. The predicted octanol–water partition coefficient (Wildman–Crippen LogP) is 4.07. The SMILES string of the molecule is COC(=O)c1ccc(C#Cc2ccc(C#Cc3ccc(C(=O)OC)c(OC)c3)cc2)cc1. The first-order chi connectivity index (χ1) is 15.5. The number of methoxy groups -OCH3 is 3. The van der Waals surface area contributed by atoms with Gasteiger partial charge in [-0.2, -0.15) is 0 Å². The first kappa shape index (κ1) is 22.2. The highest BCUT2D eigenvalue weighted by molar-refractivity contribution is 5.92. The summed E-state index contributed by atoms with van der Waals surface area (Å²) in [6.07, 6.45) is 0. The van der Waals surface area contributed by atoms with Gasteiger partial charge in [-0.25, -0.2) is 9.59 Å². The van der Waals surface area contributed by atoms with Crippen molar-refractivity contribution in [3.63, 3.8) is 0 Å². The summed E-state index contributed by atoms with van der Waals surface area (Å²) in [6, 6.07) is 19.5. The van der Waals surface area contributed by atoms with E-state index >= 15 is 0 Å². The summed E-state index contributed by atoms with van der Waals surface area (Å²) in [5.41, 5.74) is 4.02. The van der Waals surface area contributed by atoms with Gasteiger partial charge in [-0.05, 0) is 66.7 Å². The highest BCUT2D eigenvalue weighted by atomic mass is 16.5. The van der Waals surface area contributed by atoms with Crippen molar-refractivity contribution in [2.24, 2.45) is 0 Å². The van der Waals surface area contributed by atoms with Crippen molar-refractivity contribution in [2.75, 3.05) is 21.3 Å². The monoisotopic (exact) mass is 424 g/mol. The summed E-state index contributed by atoms with van der Waals surface area (Å²) >= 11 is 0. The molecule has 0 atom stereocenters. The number of esters is 2. The Kier molecular flexibility index (Phi) is 7.30. The minimum absolute atomic E-state index is 0.350. The second-order valence-electron chi connectivity index (χ2n) is 6.55. The fourth-order valence-corrected chi connectivity index (χ4v) is 2.78. The number of hydrogen-bond donors (Lipinski definition) is 0. The number of carbonyl (C=O) groups is 2. The Morgan fingerprint density at radius 3 is 1.50 bits per heavy atom. The Balaban J connectivity index is 1.71. The maximum Gasteiger partial charge on any atom is 0.341 e. The number of rotatable bonds is 3. The third kappa shape index (κ3) is 5.56. The van der Waals surface area contributed by atoms with Crippen molar-refractivity contribution >= 4 is 11.9 Å². The number of benzene rings is 3. The van der Waals surface area contributed by atoms with Gasteiger partial charge in [0.25, 0.3) is 0 Å². The summed E-state index contributed by atoms with van der Waals surface area (Å²) < 4.78 is 14.7. The maximum atomic E-state index is 11.7. The van der Waals surface area contributed by atoms with Crippen LogP contribution in [0.25, 0.3) is 0 Å². The van der Waals surface area contributed by atoms with E-state index in [4.69, 9.17) is 9.47 Å². The molecule has 0 fully saturated rings. The molecule has 0 amide bonds. The van der Waals surface area contributed by atoms with Crippen LogP contribution in [0.2, 0.25) is 0 Å². The maximum absolute atomic E-state index is 11.7. The van der Waals surface area contributed by atoms with Crippen LogP contribution in [-0.4, -0.2) is 33.3 Å². The van der Waals surface area contributed by atoms with E-state index in [0.717, 1.165) is 16.7 Å². The number of hydrogen-bond acceptors (Lipinski definition) is 5. The minimum Gasteiger partial charge on any atom is -0.496 e. The fourth-order valence-electron chi connectivity index (χ4n) is 2.78. The molecule has 0 saturated heterocycles. The zero-order chi connectivity index (χ0) is 22.9. The van der Waals surface area contributed by atoms with Crippen LogP contribution in [0.5, 0.6) is 5.75 Å². The van der Waals surface area contributed by atoms with Gasteiger partial charge >= 0.3 is 11.9 Å². The molecular formula is C27H20O5. The zero-order valence-corrected chi connectivity index (χ0v) is 17.9. The van der Waals surface area contributed by atoms with Crippen LogP contribution in [0.3, 0.4) is 0 Å². The third-order valence-electron chi connectivity index (χ3n) is 4.50. The fraction of sp³-hybridized carbons (Fsp3) is 0.111. The molecule has 0 aliphatic heterocycles. The number of carbonyl (C=O) groups excluding carboxylic acids is 2. The van der Waals surface area contributed by atoms with Crippen molar-refractivity contribution < 1.29 is 23.8 Å². The van der Waals surface area contributed by atoms with Gasteiger partial charge < -0.3 is 14.2 Å². The van der Waals surface area contributed by atoms with E-state index in [0.29, 0.717) is 22.4 Å². The summed E-state index contributed by atoms with van der Waals surface area (Å²) in [6.45, 7) is 0. The Bertz CT molecular complexity index is 1250. The average Bonchev–Trinajstić information content (AvgIpc) is 2.86. The van der Waals surface area contributed by atoms with Gasteiger partial charge in [-0.1, -0.05) is 23.7 Å². The van der Waals surface area contributed by atoms with Crippen LogP contribution in [-0.2, 0) is 9.47 Å². The van der Waals surface area contributed by atoms with Gasteiger partial charge in [0, 0.05) is 22.3 Å². The molecule has 5 heteroatoms. The molecule has 0 aliphatic carbocycles. The third-order valence-corrected chi connectivity index (χ3v) is 4.50.